The molecule has 0 aliphatic carbocycles. The van der Waals surface area contributed by atoms with Crippen molar-refractivity contribution < 1.29 is 9.53 Å². The fourth-order valence-electron chi connectivity index (χ4n) is 1.90. The van der Waals surface area contributed by atoms with Crippen LogP contribution in [0.5, 0.6) is 0 Å². The Kier molecular flexibility index (Phi) is 7.00. The summed E-state index contributed by atoms with van der Waals surface area (Å²) < 4.78 is 5.32. The molecule has 1 atom stereocenters. The van der Waals surface area contributed by atoms with Crippen LogP contribution in [-0.4, -0.2) is 50.1 Å². The van der Waals surface area contributed by atoms with Crippen molar-refractivity contribution in [2.24, 2.45) is 4.99 Å². The van der Waals surface area contributed by atoms with E-state index in [9.17, 15) is 4.79 Å². The maximum absolute atomic E-state index is 11.3. The van der Waals surface area contributed by atoms with Gasteiger partial charge in [0.05, 0.1) is 5.84 Å². The summed E-state index contributed by atoms with van der Waals surface area (Å²) in [5.41, 5.74) is 0. The summed E-state index contributed by atoms with van der Waals surface area (Å²) in [6.45, 7) is 3.82. The number of carbonyl (C=O) groups excluding carboxylic acids is 1. The van der Waals surface area contributed by atoms with Crippen molar-refractivity contribution in [2.75, 3.05) is 27.2 Å². The van der Waals surface area contributed by atoms with Gasteiger partial charge in [0, 0.05) is 27.2 Å². The monoisotopic (exact) mass is 267 g/mol. The zero-order valence-corrected chi connectivity index (χ0v) is 12.2. The highest BCUT2D eigenvalue weighted by atomic mass is 16.6. The zero-order valence-electron chi connectivity index (χ0n) is 12.2. The number of alkyl carbamates (subject to hydrolysis) is 1. The molecule has 0 fully saturated rings. The normalized spacial score (nSPS) is 23.6. The van der Waals surface area contributed by atoms with Crippen LogP contribution in [0, 0.1) is 0 Å². The Balaban J connectivity index is 2.57. The van der Waals surface area contributed by atoms with Crippen LogP contribution in [0.15, 0.2) is 17.1 Å². The maximum atomic E-state index is 11.3. The minimum absolute atomic E-state index is 0.134. The molecule has 0 aromatic heterocycles. The summed E-state index contributed by atoms with van der Waals surface area (Å²) in [5, 5.41) is 2.49. The average molecular weight is 267 g/mol. The van der Waals surface area contributed by atoms with Gasteiger partial charge >= 0.3 is 6.09 Å². The lowest BCUT2D eigenvalue weighted by molar-refractivity contribution is 0.115. The minimum atomic E-state index is -0.368. The molecule has 1 unspecified atom stereocenters. The highest BCUT2D eigenvalue weighted by Gasteiger charge is 2.11. The quantitative estimate of drug-likeness (QED) is 0.741. The Hall–Kier alpha value is -1.52. The van der Waals surface area contributed by atoms with Crippen molar-refractivity contribution in [1.82, 2.24) is 10.2 Å². The highest BCUT2D eigenvalue weighted by molar-refractivity contribution is 5.79. The summed E-state index contributed by atoms with van der Waals surface area (Å²) in [6, 6.07) is 0. The molecule has 0 aromatic carbocycles. The molecule has 0 saturated heterocycles. The number of ether oxygens (including phenoxy) is 1. The van der Waals surface area contributed by atoms with Gasteiger partial charge in [-0.2, -0.15) is 0 Å². The van der Waals surface area contributed by atoms with Crippen molar-refractivity contribution in [1.29, 1.82) is 0 Å². The molecular formula is C14H25N3O2. The van der Waals surface area contributed by atoms with Crippen LogP contribution in [0.2, 0.25) is 0 Å². The van der Waals surface area contributed by atoms with Gasteiger partial charge in [-0.15, -0.1) is 0 Å². The third-order valence-electron chi connectivity index (χ3n) is 3.22. The smallest absolute Gasteiger partial charge is 0.407 e. The lowest BCUT2D eigenvalue weighted by atomic mass is 10.1. The summed E-state index contributed by atoms with van der Waals surface area (Å²) in [6.07, 6.45) is 7.37. The van der Waals surface area contributed by atoms with Crippen LogP contribution in [0.3, 0.4) is 0 Å². The molecule has 0 saturated carbocycles. The molecular weight excluding hydrogens is 242 g/mol. The molecule has 0 bridgehead atoms. The maximum Gasteiger partial charge on any atom is 0.407 e. The molecule has 108 valence electrons. The third-order valence-corrected chi connectivity index (χ3v) is 3.22. The van der Waals surface area contributed by atoms with Crippen LogP contribution >= 0.6 is 0 Å². The summed E-state index contributed by atoms with van der Waals surface area (Å²) >= 11 is 0. The Bertz CT molecular complexity index is 340. The molecule has 1 aliphatic heterocycles. The standard InChI is InChI=1S/C14H25N3O2/c1-12-16-10-6-4-5-8-13(19-14(18)15-2)9-7-11-17(12)3/h5,8,13H,4,6-7,9-11H2,1-3H3,(H,15,18)/b8-5+,16-12?. The van der Waals surface area contributed by atoms with Crippen molar-refractivity contribution in [2.45, 2.75) is 38.7 Å². The van der Waals surface area contributed by atoms with Crippen molar-refractivity contribution in [3.8, 4) is 0 Å². The highest BCUT2D eigenvalue weighted by Crippen LogP contribution is 2.08. The van der Waals surface area contributed by atoms with E-state index in [4.69, 9.17) is 4.74 Å². The summed E-state index contributed by atoms with van der Waals surface area (Å²) in [5.74, 6) is 1.08. The third kappa shape index (κ3) is 6.27. The molecule has 0 aromatic rings. The van der Waals surface area contributed by atoms with Gasteiger partial charge < -0.3 is 15.0 Å². The number of allylic oxidation sites excluding steroid dienone is 1. The van der Waals surface area contributed by atoms with Crippen molar-refractivity contribution in [3.05, 3.63) is 12.2 Å². The molecule has 5 nitrogen and oxygen atoms in total. The van der Waals surface area contributed by atoms with E-state index in [1.165, 1.54) is 0 Å². The van der Waals surface area contributed by atoms with Crippen molar-refractivity contribution in [3.63, 3.8) is 0 Å². The number of carbonyl (C=O) groups is 1. The van der Waals surface area contributed by atoms with Crippen LogP contribution < -0.4 is 5.32 Å². The molecule has 1 heterocycles. The van der Waals surface area contributed by atoms with Gasteiger partial charge in [-0.05, 0) is 38.7 Å². The van der Waals surface area contributed by atoms with E-state index in [1.807, 2.05) is 13.0 Å². The second-order valence-corrected chi connectivity index (χ2v) is 4.76. The Morgan fingerprint density at radius 3 is 3.05 bits per heavy atom. The Morgan fingerprint density at radius 2 is 2.32 bits per heavy atom. The largest absolute Gasteiger partial charge is 0.442 e. The van der Waals surface area contributed by atoms with E-state index in [1.54, 1.807) is 7.05 Å². The van der Waals surface area contributed by atoms with Gasteiger partial charge in [-0.25, -0.2) is 4.79 Å². The molecule has 19 heavy (non-hydrogen) atoms. The van der Waals surface area contributed by atoms with E-state index < -0.39 is 0 Å². The van der Waals surface area contributed by atoms with Gasteiger partial charge in [0.2, 0.25) is 0 Å². The van der Waals surface area contributed by atoms with E-state index >= 15 is 0 Å². The fourth-order valence-corrected chi connectivity index (χ4v) is 1.90. The summed E-state index contributed by atoms with van der Waals surface area (Å²) in [4.78, 5) is 18.0. The summed E-state index contributed by atoms with van der Waals surface area (Å²) in [7, 11) is 3.63. The Labute approximate surface area is 115 Å². The number of amides is 1. The molecule has 1 aliphatic rings. The topological polar surface area (TPSA) is 53.9 Å². The SMILES string of the molecule is CNC(=O)OC1/C=C/CCCN=C(C)N(C)CCC1. The van der Waals surface area contributed by atoms with Gasteiger partial charge in [0.15, 0.2) is 0 Å². The lowest BCUT2D eigenvalue weighted by Crippen LogP contribution is -2.28. The zero-order chi connectivity index (χ0) is 14.1. The number of nitrogens with one attached hydrogen (secondary N) is 1. The molecule has 1 rings (SSSR count). The van der Waals surface area contributed by atoms with Gasteiger partial charge in [0.25, 0.3) is 0 Å². The van der Waals surface area contributed by atoms with E-state index in [0.717, 1.165) is 44.6 Å². The number of rotatable bonds is 1. The first-order valence-electron chi connectivity index (χ1n) is 6.90. The number of hydrogen-bond acceptors (Lipinski definition) is 4. The first-order valence-corrected chi connectivity index (χ1v) is 6.90. The minimum Gasteiger partial charge on any atom is -0.442 e. The molecule has 1 amide bonds. The van der Waals surface area contributed by atoms with Gasteiger partial charge in [0.1, 0.15) is 6.10 Å². The van der Waals surface area contributed by atoms with Crippen LogP contribution in [0.1, 0.15) is 32.6 Å². The molecule has 0 radical (unpaired) electrons. The van der Waals surface area contributed by atoms with E-state index in [-0.39, 0.29) is 12.2 Å². The Morgan fingerprint density at radius 1 is 1.53 bits per heavy atom. The number of aliphatic imine (C=N–C) groups is 1. The van der Waals surface area contributed by atoms with Crippen LogP contribution in [0.4, 0.5) is 4.79 Å². The lowest BCUT2D eigenvalue weighted by Gasteiger charge is -2.21. The second kappa shape index (κ2) is 8.56. The number of amidine groups is 1. The first-order chi connectivity index (χ1) is 9.13. The predicted molar refractivity (Wildman–Crippen MR) is 77.5 cm³/mol. The van der Waals surface area contributed by atoms with Gasteiger partial charge in [-0.3, -0.25) is 4.99 Å². The fraction of sp³-hybridized carbons (Fsp3) is 0.714. The predicted octanol–water partition coefficient (Wildman–Crippen LogP) is 2.19. The number of nitrogens with zero attached hydrogens (tertiary/aromatic N) is 2. The second-order valence-electron chi connectivity index (χ2n) is 4.76. The average Bonchev–Trinajstić information content (AvgIpc) is 2.40. The molecule has 1 N–H and O–H groups in total. The first kappa shape index (κ1) is 15.5. The van der Waals surface area contributed by atoms with Crippen LogP contribution in [0.25, 0.3) is 0 Å². The van der Waals surface area contributed by atoms with Gasteiger partial charge in [-0.1, -0.05) is 6.08 Å². The van der Waals surface area contributed by atoms with Crippen molar-refractivity contribution >= 4 is 11.9 Å². The number of hydrogen-bond donors (Lipinski definition) is 1. The molecule has 5 heteroatoms. The van der Waals surface area contributed by atoms with E-state index in [0.29, 0.717) is 0 Å². The molecule has 0 spiro atoms. The van der Waals surface area contributed by atoms with Crippen LogP contribution in [-0.2, 0) is 4.74 Å². The van der Waals surface area contributed by atoms with E-state index in [2.05, 4.69) is 28.3 Å².